The smallest absolute Gasteiger partial charge is 0.341 e. The molecule has 0 saturated heterocycles. The molecule has 1 aromatic heterocycles. The van der Waals surface area contributed by atoms with Crippen molar-refractivity contribution in [1.82, 2.24) is 5.32 Å². The van der Waals surface area contributed by atoms with Crippen LogP contribution in [0.2, 0.25) is 0 Å². The number of esters is 1. The largest absolute Gasteiger partial charge is 0.462 e. The summed E-state index contributed by atoms with van der Waals surface area (Å²) in [5, 5.41) is 8.35. The molecule has 0 fully saturated rings. The van der Waals surface area contributed by atoms with E-state index in [0.29, 0.717) is 29.6 Å². The van der Waals surface area contributed by atoms with Crippen molar-refractivity contribution in [3.8, 4) is 0 Å². The van der Waals surface area contributed by atoms with Gasteiger partial charge in [0.2, 0.25) is 5.91 Å². The van der Waals surface area contributed by atoms with Crippen molar-refractivity contribution in [2.45, 2.75) is 39.7 Å². The SMILES string of the molecule is CCOC(=O)c1ccsc1NC(=O)CCCNC(C)C. The second-order valence-corrected chi connectivity index (χ2v) is 5.56. The van der Waals surface area contributed by atoms with Crippen LogP contribution in [0.25, 0.3) is 0 Å². The number of hydrogen-bond donors (Lipinski definition) is 2. The Hall–Kier alpha value is -1.40. The summed E-state index contributed by atoms with van der Waals surface area (Å²) in [4.78, 5) is 23.5. The molecular formula is C14H22N2O3S. The number of carbonyl (C=O) groups excluding carboxylic acids is 2. The van der Waals surface area contributed by atoms with Crippen LogP contribution >= 0.6 is 11.3 Å². The van der Waals surface area contributed by atoms with E-state index in [2.05, 4.69) is 24.5 Å². The lowest BCUT2D eigenvalue weighted by molar-refractivity contribution is -0.116. The van der Waals surface area contributed by atoms with Crippen LogP contribution in [-0.4, -0.2) is 31.1 Å². The van der Waals surface area contributed by atoms with Gasteiger partial charge in [-0.15, -0.1) is 11.3 Å². The Labute approximate surface area is 123 Å². The number of ether oxygens (including phenoxy) is 1. The Morgan fingerprint density at radius 3 is 2.80 bits per heavy atom. The summed E-state index contributed by atoms with van der Waals surface area (Å²) >= 11 is 1.33. The quantitative estimate of drug-likeness (QED) is 0.572. The minimum atomic E-state index is -0.398. The highest BCUT2D eigenvalue weighted by molar-refractivity contribution is 7.14. The molecule has 112 valence electrons. The summed E-state index contributed by atoms with van der Waals surface area (Å²) < 4.78 is 4.94. The van der Waals surface area contributed by atoms with Gasteiger partial charge in [-0.3, -0.25) is 4.79 Å². The molecular weight excluding hydrogens is 276 g/mol. The van der Waals surface area contributed by atoms with Crippen molar-refractivity contribution in [3.63, 3.8) is 0 Å². The lowest BCUT2D eigenvalue weighted by Gasteiger charge is -2.08. The average Bonchev–Trinajstić information content (AvgIpc) is 2.83. The van der Waals surface area contributed by atoms with Crippen LogP contribution in [0, 0.1) is 0 Å². The molecule has 2 N–H and O–H groups in total. The van der Waals surface area contributed by atoms with E-state index >= 15 is 0 Å². The van der Waals surface area contributed by atoms with Gasteiger partial charge >= 0.3 is 5.97 Å². The normalized spacial score (nSPS) is 10.6. The Bertz CT molecular complexity index is 443. The molecule has 0 unspecified atom stereocenters. The summed E-state index contributed by atoms with van der Waals surface area (Å²) in [5.74, 6) is -0.478. The number of anilines is 1. The molecule has 0 saturated carbocycles. The predicted molar refractivity (Wildman–Crippen MR) is 81.3 cm³/mol. The van der Waals surface area contributed by atoms with E-state index < -0.39 is 5.97 Å². The topological polar surface area (TPSA) is 67.4 Å². The Kier molecular flexibility index (Phi) is 7.25. The average molecular weight is 298 g/mol. The Morgan fingerprint density at radius 1 is 1.40 bits per heavy atom. The fourth-order valence-electron chi connectivity index (χ4n) is 1.60. The van der Waals surface area contributed by atoms with Gasteiger partial charge in [0.25, 0.3) is 0 Å². The van der Waals surface area contributed by atoms with Gasteiger partial charge in [0, 0.05) is 12.5 Å². The molecule has 1 rings (SSSR count). The maximum atomic E-state index is 11.8. The maximum absolute atomic E-state index is 11.8. The first-order chi connectivity index (χ1) is 9.54. The highest BCUT2D eigenvalue weighted by Crippen LogP contribution is 2.24. The van der Waals surface area contributed by atoms with Crippen LogP contribution < -0.4 is 10.6 Å². The van der Waals surface area contributed by atoms with Crippen LogP contribution in [0.5, 0.6) is 0 Å². The van der Waals surface area contributed by atoms with E-state index in [1.54, 1.807) is 18.4 Å². The number of nitrogens with one attached hydrogen (secondary N) is 2. The van der Waals surface area contributed by atoms with E-state index in [4.69, 9.17) is 4.74 Å². The van der Waals surface area contributed by atoms with Crippen molar-refractivity contribution in [3.05, 3.63) is 17.0 Å². The van der Waals surface area contributed by atoms with Gasteiger partial charge in [-0.05, 0) is 31.3 Å². The summed E-state index contributed by atoms with van der Waals surface area (Å²) in [6.07, 6.45) is 1.20. The minimum Gasteiger partial charge on any atom is -0.462 e. The second kappa shape index (κ2) is 8.71. The van der Waals surface area contributed by atoms with E-state index in [1.807, 2.05) is 0 Å². The molecule has 0 atom stereocenters. The monoisotopic (exact) mass is 298 g/mol. The lowest BCUT2D eigenvalue weighted by Crippen LogP contribution is -2.24. The summed E-state index contributed by atoms with van der Waals surface area (Å²) in [6.45, 7) is 7.02. The summed E-state index contributed by atoms with van der Waals surface area (Å²) in [6, 6.07) is 2.09. The van der Waals surface area contributed by atoms with Crippen molar-refractivity contribution in [2.75, 3.05) is 18.5 Å². The first kappa shape index (κ1) is 16.7. The molecule has 0 aromatic carbocycles. The zero-order valence-corrected chi connectivity index (χ0v) is 13.0. The van der Waals surface area contributed by atoms with Gasteiger partial charge in [0.15, 0.2) is 0 Å². The molecule has 6 heteroatoms. The molecule has 1 aromatic rings. The van der Waals surface area contributed by atoms with Crippen molar-refractivity contribution in [1.29, 1.82) is 0 Å². The van der Waals surface area contributed by atoms with E-state index in [1.165, 1.54) is 11.3 Å². The third-order valence-electron chi connectivity index (χ3n) is 2.55. The first-order valence-corrected chi connectivity index (χ1v) is 7.70. The van der Waals surface area contributed by atoms with Crippen LogP contribution in [-0.2, 0) is 9.53 Å². The molecule has 1 heterocycles. The second-order valence-electron chi connectivity index (χ2n) is 4.64. The molecule has 5 nitrogen and oxygen atoms in total. The van der Waals surface area contributed by atoms with Gasteiger partial charge in [-0.2, -0.15) is 0 Å². The van der Waals surface area contributed by atoms with Gasteiger partial charge < -0.3 is 15.4 Å². The highest BCUT2D eigenvalue weighted by atomic mass is 32.1. The van der Waals surface area contributed by atoms with Crippen LogP contribution in [0.3, 0.4) is 0 Å². The lowest BCUT2D eigenvalue weighted by atomic mass is 10.2. The van der Waals surface area contributed by atoms with Gasteiger partial charge in [-0.25, -0.2) is 4.79 Å². The number of carbonyl (C=O) groups is 2. The fraction of sp³-hybridized carbons (Fsp3) is 0.571. The number of thiophene rings is 1. The van der Waals surface area contributed by atoms with Crippen LogP contribution in [0.4, 0.5) is 5.00 Å². The predicted octanol–water partition coefficient (Wildman–Crippen LogP) is 2.64. The third-order valence-corrected chi connectivity index (χ3v) is 3.38. The Balaban J connectivity index is 2.42. The molecule has 1 amide bonds. The Morgan fingerprint density at radius 2 is 2.15 bits per heavy atom. The maximum Gasteiger partial charge on any atom is 0.341 e. The van der Waals surface area contributed by atoms with E-state index in [-0.39, 0.29) is 5.91 Å². The first-order valence-electron chi connectivity index (χ1n) is 6.82. The highest BCUT2D eigenvalue weighted by Gasteiger charge is 2.15. The van der Waals surface area contributed by atoms with Crippen molar-refractivity contribution < 1.29 is 14.3 Å². The number of rotatable bonds is 8. The summed E-state index contributed by atoms with van der Waals surface area (Å²) in [5.41, 5.74) is 0.422. The van der Waals surface area contributed by atoms with E-state index in [0.717, 1.165) is 13.0 Å². The molecule has 0 aliphatic carbocycles. The van der Waals surface area contributed by atoms with Crippen LogP contribution in [0.1, 0.15) is 44.0 Å². The van der Waals surface area contributed by atoms with Gasteiger partial charge in [-0.1, -0.05) is 13.8 Å². The van der Waals surface area contributed by atoms with Crippen LogP contribution in [0.15, 0.2) is 11.4 Å². The summed E-state index contributed by atoms with van der Waals surface area (Å²) in [7, 11) is 0. The zero-order valence-electron chi connectivity index (χ0n) is 12.2. The minimum absolute atomic E-state index is 0.0800. The van der Waals surface area contributed by atoms with Gasteiger partial charge in [0.1, 0.15) is 5.00 Å². The molecule has 0 radical (unpaired) electrons. The van der Waals surface area contributed by atoms with Crippen molar-refractivity contribution in [2.24, 2.45) is 0 Å². The zero-order chi connectivity index (χ0) is 15.0. The van der Waals surface area contributed by atoms with E-state index in [9.17, 15) is 9.59 Å². The molecule has 0 bridgehead atoms. The third kappa shape index (κ3) is 5.71. The molecule has 0 aliphatic rings. The number of amides is 1. The number of hydrogen-bond acceptors (Lipinski definition) is 5. The standard InChI is InChI=1S/C14H22N2O3S/c1-4-19-14(18)11-7-9-20-13(11)16-12(17)6-5-8-15-10(2)3/h7,9-10,15H,4-6,8H2,1-3H3,(H,16,17). The fourth-order valence-corrected chi connectivity index (χ4v) is 2.40. The van der Waals surface area contributed by atoms with Gasteiger partial charge in [0.05, 0.1) is 12.2 Å². The molecule has 0 aliphatic heterocycles. The molecule has 20 heavy (non-hydrogen) atoms. The van der Waals surface area contributed by atoms with Crippen molar-refractivity contribution >= 4 is 28.2 Å². The molecule has 0 spiro atoms.